The number of rotatable bonds is 7. The lowest BCUT2D eigenvalue weighted by Crippen LogP contribution is -2.57. The number of para-hydroxylation sites is 1. The van der Waals surface area contributed by atoms with Crippen LogP contribution in [0.4, 0.5) is 5.69 Å². The van der Waals surface area contributed by atoms with Crippen molar-refractivity contribution in [3.63, 3.8) is 0 Å². The molecule has 0 radical (unpaired) electrons. The van der Waals surface area contributed by atoms with Crippen LogP contribution in [0.25, 0.3) is 0 Å². The molecule has 42 heavy (non-hydrogen) atoms. The van der Waals surface area contributed by atoms with Crippen LogP contribution >= 0.6 is 11.6 Å². The number of halogens is 1. The van der Waals surface area contributed by atoms with Crippen LogP contribution < -0.4 is 4.90 Å². The van der Waals surface area contributed by atoms with Gasteiger partial charge in [0.05, 0.1) is 40.8 Å². The first-order chi connectivity index (χ1) is 20.3. The van der Waals surface area contributed by atoms with Crippen LogP contribution in [0.1, 0.15) is 38.3 Å². The van der Waals surface area contributed by atoms with Gasteiger partial charge in [0, 0.05) is 19.6 Å². The molecule has 8 nitrogen and oxygen atoms in total. The molecule has 0 aliphatic carbocycles. The molecule has 2 saturated heterocycles. The van der Waals surface area contributed by atoms with E-state index in [1.807, 2.05) is 74.5 Å². The van der Waals surface area contributed by atoms with E-state index >= 15 is 0 Å². The maximum Gasteiger partial charge on any atom is 0.253 e. The third-order valence-electron chi connectivity index (χ3n) is 9.29. The average molecular weight is 590 g/mol. The summed E-state index contributed by atoms with van der Waals surface area (Å²) in [6.07, 6.45) is 8.78. The topological polar surface area (TPSA) is 90.4 Å². The van der Waals surface area contributed by atoms with Gasteiger partial charge in [-0.3, -0.25) is 14.4 Å². The third kappa shape index (κ3) is 4.14. The van der Waals surface area contributed by atoms with E-state index in [0.717, 1.165) is 6.42 Å². The number of hydrogen-bond acceptors (Lipinski definition) is 5. The lowest BCUT2D eigenvalue weighted by atomic mass is 9.73. The molecule has 0 aromatic heterocycles. The molecule has 4 aliphatic heterocycles. The highest BCUT2D eigenvalue weighted by Gasteiger charge is 2.76. The Balaban J connectivity index is 1.56. The van der Waals surface area contributed by atoms with E-state index in [4.69, 9.17) is 16.3 Å². The number of carbonyl (C=O) groups excluding carboxylic acids is 3. The maximum absolute atomic E-state index is 14.8. The number of fused-ring (bicyclic) bond motifs is 2. The van der Waals surface area contributed by atoms with Crippen molar-refractivity contribution >= 4 is 35.0 Å². The van der Waals surface area contributed by atoms with Gasteiger partial charge in [-0.15, -0.1) is 0 Å². The first kappa shape index (κ1) is 28.6. The van der Waals surface area contributed by atoms with Gasteiger partial charge in [-0.05, 0) is 30.5 Å². The Hall–Kier alpha value is -3.46. The number of benzene rings is 2. The fraction of sp³-hybridized carbons (Fsp3) is 0.424. The molecule has 9 heteroatoms. The van der Waals surface area contributed by atoms with Crippen LogP contribution in [0, 0.1) is 11.8 Å². The van der Waals surface area contributed by atoms with Crippen LogP contribution in [0.15, 0.2) is 78.9 Å². The van der Waals surface area contributed by atoms with Crippen LogP contribution in [0.3, 0.4) is 0 Å². The second-order valence-corrected chi connectivity index (χ2v) is 11.9. The first-order valence-electron chi connectivity index (χ1n) is 14.7. The Kier molecular flexibility index (Phi) is 7.50. The minimum absolute atomic E-state index is 0.146. The Labute approximate surface area is 251 Å². The van der Waals surface area contributed by atoms with Gasteiger partial charge in [0.2, 0.25) is 11.8 Å². The van der Waals surface area contributed by atoms with E-state index in [-0.39, 0.29) is 24.3 Å². The van der Waals surface area contributed by atoms with Gasteiger partial charge < -0.3 is 24.5 Å². The summed E-state index contributed by atoms with van der Waals surface area (Å²) in [6.45, 7) is 4.77. The van der Waals surface area contributed by atoms with E-state index in [1.165, 1.54) is 4.90 Å². The largest absolute Gasteiger partial charge is 0.394 e. The Bertz CT molecular complexity index is 1450. The molecular weight excluding hydrogens is 554 g/mol. The van der Waals surface area contributed by atoms with E-state index in [1.54, 1.807) is 28.0 Å². The maximum atomic E-state index is 14.8. The molecule has 6 atom stereocenters. The van der Waals surface area contributed by atoms with Gasteiger partial charge in [0.15, 0.2) is 0 Å². The van der Waals surface area contributed by atoms with E-state index in [2.05, 4.69) is 0 Å². The number of ether oxygens (including phenoxy) is 1. The number of aliphatic hydroxyl groups is 1. The molecule has 4 heterocycles. The molecule has 2 aromatic rings. The SMILES string of the molecule is CCCN1CC=C[C@]2(CC)O[C@]34C=CCN(c5ccccc5Cl)C(=O)C3N([C@H](CO)c3ccccc3)C(=O)[C@@H]4[C@@H]2C1=O. The smallest absolute Gasteiger partial charge is 0.253 e. The normalized spacial score (nSPS) is 31.1. The zero-order valence-corrected chi connectivity index (χ0v) is 24.6. The van der Waals surface area contributed by atoms with Crippen molar-refractivity contribution in [2.75, 3.05) is 31.1 Å². The van der Waals surface area contributed by atoms with Crippen molar-refractivity contribution in [3.8, 4) is 0 Å². The van der Waals surface area contributed by atoms with Crippen LogP contribution in [0.2, 0.25) is 5.02 Å². The van der Waals surface area contributed by atoms with Crippen molar-refractivity contribution in [2.45, 2.75) is 50.0 Å². The third-order valence-corrected chi connectivity index (χ3v) is 9.61. The average Bonchev–Trinajstić information content (AvgIpc) is 3.29. The standard InChI is InChI=1S/C33H36ClN3O5/c1-3-18-35-19-10-16-32(4-2)26(29(35)39)27-30(40)37(25(21-38)22-12-6-5-7-13-22)28-31(41)36(20-11-17-33(27,28)42-32)24-15-9-8-14-23(24)34/h5-17,25-28,38H,3-4,18-21H2,1-2H3/t25-,26-,27+,28?,32+,33+/m1/s1. The van der Waals surface area contributed by atoms with E-state index in [0.29, 0.717) is 35.8 Å². The highest BCUT2D eigenvalue weighted by Crippen LogP contribution is 2.60. The number of amides is 3. The molecule has 1 N–H and O–H groups in total. The Morgan fingerprint density at radius 3 is 2.33 bits per heavy atom. The highest BCUT2D eigenvalue weighted by molar-refractivity contribution is 6.34. The van der Waals surface area contributed by atoms with Gasteiger partial charge in [-0.1, -0.05) is 92.2 Å². The molecule has 4 aliphatic rings. The summed E-state index contributed by atoms with van der Waals surface area (Å²) < 4.78 is 7.04. The second-order valence-electron chi connectivity index (χ2n) is 11.5. The van der Waals surface area contributed by atoms with Crippen molar-refractivity contribution in [1.29, 1.82) is 0 Å². The van der Waals surface area contributed by atoms with E-state index in [9.17, 15) is 19.5 Å². The summed E-state index contributed by atoms with van der Waals surface area (Å²) in [5.74, 6) is -2.67. The fourth-order valence-corrected chi connectivity index (χ4v) is 7.71. The minimum Gasteiger partial charge on any atom is -0.394 e. The summed E-state index contributed by atoms with van der Waals surface area (Å²) in [5.41, 5.74) is -1.28. The summed E-state index contributed by atoms with van der Waals surface area (Å²) >= 11 is 6.58. The molecule has 6 rings (SSSR count). The summed E-state index contributed by atoms with van der Waals surface area (Å²) in [5, 5.41) is 11.1. The zero-order chi connectivity index (χ0) is 29.6. The molecular formula is C33H36ClN3O5. The molecule has 1 spiro atoms. The van der Waals surface area contributed by atoms with Crippen LogP contribution in [-0.4, -0.2) is 76.1 Å². The predicted molar refractivity (Wildman–Crippen MR) is 160 cm³/mol. The van der Waals surface area contributed by atoms with Gasteiger partial charge >= 0.3 is 0 Å². The molecule has 1 unspecified atom stereocenters. The molecule has 0 bridgehead atoms. The van der Waals surface area contributed by atoms with Gasteiger partial charge in [-0.25, -0.2) is 0 Å². The molecule has 2 fully saturated rings. The number of nitrogens with zero attached hydrogens (tertiary/aromatic N) is 3. The van der Waals surface area contributed by atoms with Crippen molar-refractivity contribution in [3.05, 3.63) is 89.5 Å². The van der Waals surface area contributed by atoms with Crippen LogP contribution in [0.5, 0.6) is 0 Å². The highest BCUT2D eigenvalue weighted by atomic mass is 35.5. The van der Waals surface area contributed by atoms with Crippen LogP contribution in [-0.2, 0) is 19.1 Å². The lowest BCUT2D eigenvalue weighted by molar-refractivity contribution is -0.152. The summed E-state index contributed by atoms with van der Waals surface area (Å²) in [6, 6.07) is 14.3. The van der Waals surface area contributed by atoms with Gasteiger partial charge in [0.1, 0.15) is 11.6 Å². The number of hydrogen-bond donors (Lipinski definition) is 1. The predicted octanol–water partition coefficient (Wildman–Crippen LogP) is 4.15. The minimum atomic E-state index is -1.43. The molecule has 220 valence electrons. The van der Waals surface area contributed by atoms with Gasteiger partial charge in [0.25, 0.3) is 5.91 Å². The number of likely N-dealkylation sites (tertiary alicyclic amines) is 1. The molecule has 0 saturated carbocycles. The fourth-order valence-electron chi connectivity index (χ4n) is 7.47. The van der Waals surface area contributed by atoms with E-state index < -0.39 is 41.7 Å². The van der Waals surface area contributed by atoms with Crippen molar-refractivity contribution < 1.29 is 24.2 Å². The van der Waals surface area contributed by atoms with Gasteiger partial charge in [-0.2, -0.15) is 0 Å². The second kappa shape index (κ2) is 11.0. The lowest BCUT2D eigenvalue weighted by Gasteiger charge is -2.41. The Morgan fingerprint density at radius 1 is 0.929 bits per heavy atom. The summed E-state index contributed by atoms with van der Waals surface area (Å²) in [7, 11) is 0. The van der Waals surface area contributed by atoms with Crippen molar-refractivity contribution in [2.24, 2.45) is 11.8 Å². The number of anilines is 1. The quantitative estimate of drug-likeness (QED) is 0.490. The van der Waals surface area contributed by atoms with Crippen molar-refractivity contribution in [1.82, 2.24) is 9.80 Å². The number of carbonyl (C=O) groups is 3. The molecule has 3 amide bonds. The first-order valence-corrected chi connectivity index (χ1v) is 15.1. The zero-order valence-electron chi connectivity index (χ0n) is 23.9. The monoisotopic (exact) mass is 589 g/mol. The summed E-state index contributed by atoms with van der Waals surface area (Å²) in [4.78, 5) is 48.8. The molecule has 2 aromatic carbocycles. The number of aliphatic hydroxyl groups excluding tert-OH is 1. The Morgan fingerprint density at radius 2 is 1.64 bits per heavy atom.